The Morgan fingerprint density at radius 3 is 2.70 bits per heavy atom. The van der Waals surface area contributed by atoms with Crippen LogP contribution in [0.5, 0.6) is 0 Å². The van der Waals surface area contributed by atoms with E-state index in [9.17, 15) is 4.79 Å². The molecule has 116 valence electrons. The summed E-state index contributed by atoms with van der Waals surface area (Å²) in [6.07, 6.45) is 2.45. The molecular formula is C19H16ClNOS. The van der Waals surface area contributed by atoms with Crippen molar-refractivity contribution >= 4 is 34.8 Å². The van der Waals surface area contributed by atoms with Gasteiger partial charge in [0.2, 0.25) is 0 Å². The molecule has 0 aromatic heterocycles. The smallest absolute Gasteiger partial charge is 0.162 e. The van der Waals surface area contributed by atoms with E-state index in [1.807, 2.05) is 36.4 Å². The van der Waals surface area contributed by atoms with Crippen molar-refractivity contribution in [2.45, 2.75) is 29.4 Å². The third-order valence-corrected chi connectivity index (χ3v) is 6.00. The molecule has 4 heteroatoms. The van der Waals surface area contributed by atoms with Crippen molar-refractivity contribution in [2.24, 2.45) is 0 Å². The second kappa shape index (κ2) is 6.06. The SMILES string of the molecule is O=C1CCCC2=C1C(c1ccccc1Cl)Sc1ccccc1N2. The number of Topliss-reactive ketones (excluding diaryl/α,β-unsaturated/α-hetero) is 1. The van der Waals surface area contributed by atoms with Crippen molar-refractivity contribution in [3.05, 3.63) is 70.4 Å². The number of hydrogen-bond donors (Lipinski definition) is 1. The van der Waals surface area contributed by atoms with E-state index >= 15 is 0 Å². The Hall–Kier alpha value is -1.71. The molecule has 0 fully saturated rings. The third kappa shape index (κ3) is 2.68. The number of ketones is 1. The van der Waals surface area contributed by atoms with E-state index in [1.165, 1.54) is 0 Å². The van der Waals surface area contributed by atoms with E-state index in [0.717, 1.165) is 45.3 Å². The van der Waals surface area contributed by atoms with Gasteiger partial charge in [0.25, 0.3) is 0 Å². The first-order chi connectivity index (χ1) is 11.2. The number of fused-ring (bicyclic) bond motifs is 1. The number of rotatable bonds is 1. The zero-order valence-corrected chi connectivity index (χ0v) is 14.1. The highest BCUT2D eigenvalue weighted by molar-refractivity contribution is 8.00. The lowest BCUT2D eigenvalue weighted by Crippen LogP contribution is -2.19. The summed E-state index contributed by atoms with van der Waals surface area (Å²) in [6, 6.07) is 16.1. The Bertz CT molecular complexity index is 815. The van der Waals surface area contributed by atoms with E-state index in [0.29, 0.717) is 6.42 Å². The molecule has 0 saturated heterocycles. The van der Waals surface area contributed by atoms with Crippen LogP contribution in [-0.2, 0) is 4.79 Å². The molecule has 23 heavy (non-hydrogen) atoms. The number of carbonyl (C=O) groups is 1. The molecule has 0 amide bonds. The topological polar surface area (TPSA) is 29.1 Å². The van der Waals surface area contributed by atoms with Gasteiger partial charge in [-0.05, 0) is 36.6 Å². The summed E-state index contributed by atoms with van der Waals surface area (Å²) in [7, 11) is 0. The Balaban J connectivity index is 1.91. The maximum absolute atomic E-state index is 12.7. The van der Waals surface area contributed by atoms with Crippen molar-refractivity contribution in [3.63, 3.8) is 0 Å². The number of thioether (sulfide) groups is 1. The highest BCUT2D eigenvalue weighted by atomic mass is 35.5. The van der Waals surface area contributed by atoms with Crippen LogP contribution >= 0.6 is 23.4 Å². The second-order valence-corrected chi connectivity index (χ2v) is 7.36. The largest absolute Gasteiger partial charge is 0.358 e. The van der Waals surface area contributed by atoms with Crippen molar-refractivity contribution in [3.8, 4) is 0 Å². The molecule has 0 saturated carbocycles. The number of nitrogens with one attached hydrogen (secondary N) is 1. The Morgan fingerprint density at radius 1 is 1.04 bits per heavy atom. The molecule has 1 aliphatic carbocycles. The quantitative estimate of drug-likeness (QED) is 0.731. The zero-order valence-electron chi connectivity index (χ0n) is 12.5. The van der Waals surface area contributed by atoms with Crippen LogP contribution in [0.4, 0.5) is 5.69 Å². The van der Waals surface area contributed by atoms with Gasteiger partial charge in [-0.15, -0.1) is 11.8 Å². The van der Waals surface area contributed by atoms with Crippen molar-refractivity contribution < 1.29 is 4.79 Å². The lowest BCUT2D eigenvalue weighted by Gasteiger charge is -2.24. The zero-order chi connectivity index (χ0) is 15.8. The fourth-order valence-electron chi connectivity index (χ4n) is 3.23. The molecule has 0 bridgehead atoms. The van der Waals surface area contributed by atoms with Gasteiger partial charge in [-0.25, -0.2) is 0 Å². The second-order valence-electron chi connectivity index (χ2n) is 5.81. The Kier molecular flexibility index (Phi) is 3.92. The van der Waals surface area contributed by atoms with E-state index in [1.54, 1.807) is 11.8 Å². The van der Waals surface area contributed by atoms with Gasteiger partial charge in [0.15, 0.2) is 5.78 Å². The standard InChI is InChI=1S/C19H16ClNOS/c20-13-7-2-1-6-12(13)19-18-15(9-5-10-16(18)22)21-14-8-3-4-11-17(14)23-19/h1-4,6-8,11,19,21H,5,9-10H2. The van der Waals surface area contributed by atoms with Crippen LogP contribution in [0.2, 0.25) is 5.02 Å². The molecule has 2 aromatic carbocycles. The van der Waals surface area contributed by atoms with Gasteiger partial charge >= 0.3 is 0 Å². The van der Waals surface area contributed by atoms with Crippen LogP contribution in [0.15, 0.2) is 64.7 Å². The summed E-state index contributed by atoms with van der Waals surface area (Å²) in [5.41, 5.74) is 4.05. The van der Waals surface area contributed by atoms with E-state index in [-0.39, 0.29) is 11.0 Å². The average Bonchev–Trinajstić information content (AvgIpc) is 2.72. The minimum absolute atomic E-state index is 0.0531. The van der Waals surface area contributed by atoms with Crippen LogP contribution in [0.3, 0.4) is 0 Å². The molecule has 0 radical (unpaired) electrons. The van der Waals surface area contributed by atoms with Gasteiger partial charge < -0.3 is 5.32 Å². The maximum Gasteiger partial charge on any atom is 0.162 e. The first-order valence-corrected chi connectivity index (χ1v) is 9.03. The minimum atomic E-state index is -0.0531. The molecule has 4 rings (SSSR count). The van der Waals surface area contributed by atoms with Gasteiger partial charge in [-0.3, -0.25) is 4.79 Å². The molecule has 0 spiro atoms. The highest BCUT2D eigenvalue weighted by Crippen LogP contribution is 2.50. The summed E-state index contributed by atoms with van der Waals surface area (Å²) in [4.78, 5) is 13.8. The lowest BCUT2D eigenvalue weighted by atomic mass is 9.89. The molecule has 1 heterocycles. The number of halogens is 1. The Labute approximate surface area is 144 Å². The van der Waals surface area contributed by atoms with Crippen LogP contribution in [-0.4, -0.2) is 5.78 Å². The summed E-state index contributed by atoms with van der Waals surface area (Å²) in [5.74, 6) is 0.240. The third-order valence-electron chi connectivity index (χ3n) is 4.32. The normalized spacial score (nSPS) is 20.4. The number of allylic oxidation sites excluding steroid dienone is 1. The summed E-state index contributed by atoms with van der Waals surface area (Å²) >= 11 is 8.16. The number of para-hydroxylation sites is 1. The summed E-state index contributed by atoms with van der Waals surface area (Å²) in [5, 5.41) is 4.17. The maximum atomic E-state index is 12.7. The van der Waals surface area contributed by atoms with Crippen LogP contribution < -0.4 is 5.32 Å². The van der Waals surface area contributed by atoms with Gasteiger partial charge in [0.05, 0.1) is 10.9 Å². The van der Waals surface area contributed by atoms with Gasteiger partial charge in [0, 0.05) is 27.6 Å². The van der Waals surface area contributed by atoms with Crippen molar-refractivity contribution in [1.29, 1.82) is 0 Å². The molecule has 2 aliphatic rings. The molecule has 1 atom stereocenters. The molecule has 2 aromatic rings. The molecule has 2 nitrogen and oxygen atoms in total. The number of benzene rings is 2. The predicted octanol–water partition coefficient (Wildman–Crippen LogP) is 5.61. The number of hydrogen-bond acceptors (Lipinski definition) is 3. The first-order valence-electron chi connectivity index (χ1n) is 7.77. The monoisotopic (exact) mass is 341 g/mol. The average molecular weight is 342 g/mol. The molecule has 1 unspecified atom stereocenters. The van der Waals surface area contributed by atoms with E-state index in [4.69, 9.17) is 11.6 Å². The van der Waals surface area contributed by atoms with Crippen LogP contribution in [0.25, 0.3) is 0 Å². The van der Waals surface area contributed by atoms with Gasteiger partial charge in [-0.1, -0.05) is 41.9 Å². The molecule has 1 aliphatic heterocycles. The highest BCUT2D eigenvalue weighted by Gasteiger charge is 2.33. The fraction of sp³-hybridized carbons (Fsp3) is 0.211. The number of anilines is 1. The molecule has 1 N–H and O–H groups in total. The van der Waals surface area contributed by atoms with Crippen LogP contribution in [0, 0.1) is 0 Å². The molecular weight excluding hydrogens is 326 g/mol. The number of carbonyl (C=O) groups excluding carboxylic acids is 1. The van der Waals surface area contributed by atoms with Gasteiger partial charge in [0.1, 0.15) is 0 Å². The summed E-state index contributed by atoms with van der Waals surface area (Å²) in [6.45, 7) is 0. The fourth-order valence-corrected chi connectivity index (χ4v) is 4.92. The van der Waals surface area contributed by atoms with Crippen molar-refractivity contribution in [1.82, 2.24) is 0 Å². The summed E-state index contributed by atoms with van der Waals surface area (Å²) < 4.78 is 0. The van der Waals surface area contributed by atoms with E-state index < -0.39 is 0 Å². The Morgan fingerprint density at radius 2 is 1.83 bits per heavy atom. The van der Waals surface area contributed by atoms with Crippen LogP contribution in [0.1, 0.15) is 30.1 Å². The van der Waals surface area contributed by atoms with Crippen molar-refractivity contribution in [2.75, 3.05) is 5.32 Å². The predicted molar refractivity (Wildman–Crippen MR) is 96.0 cm³/mol. The minimum Gasteiger partial charge on any atom is -0.358 e. The first kappa shape index (κ1) is 14.9. The lowest BCUT2D eigenvalue weighted by molar-refractivity contribution is -0.116. The van der Waals surface area contributed by atoms with E-state index in [2.05, 4.69) is 17.4 Å². The van der Waals surface area contributed by atoms with Gasteiger partial charge in [-0.2, -0.15) is 0 Å².